The first-order chi connectivity index (χ1) is 33.2. The fourth-order valence-electron chi connectivity index (χ4n) is 11.5. The molecule has 0 saturated carbocycles. The first-order valence-corrected chi connectivity index (χ1v) is 22.9. The van der Waals surface area contributed by atoms with Crippen LogP contribution in [0, 0.1) is 0 Å². The van der Waals surface area contributed by atoms with Crippen molar-refractivity contribution in [2.45, 2.75) is 0 Å². The van der Waals surface area contributed by atoms with Crippen LogP contribution in [0.4, 0.5) is 0 Å². The zero-order valence-corrected chi connectivity index (χ0v) is 36.0. The van der Waals surface area contributed by atoms with Crippen molar-refractivity contribution in [1.29, 1.82) is 0 Å². The van der Waals surface area contributed by atoms with Gasteiger partial charge in [-0.3, -0.25) is 0 Å². The van der Waals surface area contributed by atoms with Gasteiger partial charge in [0.15, 0.2) is 0 Å². The van der Waals surface area contributed by atoms with Gasteiger partial charge in [0.1, 0.15) is 33.5 Å². The first-order valence-electron chi connectivity index (χ1n) is 22.9. The van der Waals surface area contributed by atoms with Gasteiger partial charge in [-0.1, -0.05) is 176 Å². The summed E-state index contributed by atoms with van der Waals surface area (Å²) in [5, 5.41) is 16.2. The number of para-hydroxylation sites is 3. The molecule has 310 valence electrons. The summed E-state index contributed by atoms with van der Waals surface area (Å²) in [6.07, 6.45) is 0. The molecule has 0 aliphatic heterocycles. The number of furan rings is 3. The Labute approximate surface area is 383 Å². The quantitative estimate of drug-likeness (QED) is 0.166. The van der Waals surface area contributed by atoms with E-state index in [4.69, 9.17) is 13.3 Å². The zero-order valence-electron chi connectivity index (χ0n) is 36.0. The van der Waals surface area contributed by atoms with Crippen molar-refractivity contribution < 1.29 is 13.3 Å². The second-order valence-electron chi connectivity index (χ2n) is 17.8. The van der Waals surface area contributed by atoms with Gasteiger partial charge >= 0.3 is 0 Å². The monoisotopic (exact) mass is 852 g/mol. The predicted molar refractivity (Wildman–Crippen MR) is 280 cm³/mol. The summed E-state index contributed by atoms with van der Waals surface area (Å²) in [6, 6.07) is 78.6. The molecule has 0 radical (unpaired) electrons. The summed E-state index contributed by atoms with van der Waals surface area (Å²) in [4.78, 5) is 0. The molecular weight excluding hydrogens is 817 g/mol. The van der Waals surface area contributed by atoms with Gasteiger partial charge in [0.05, 0.1) is 0 Å². The molecule has 0 amide bonds. The normalized spacial score (nSPS) is 12.2. The summed E-state index contributed by atoms with van der Waals surface area (Å²) >= 11 is 0. The molecule has 15 rings (SSSR count). The highest BCUT2D eigenvalue weighted by Gasteiger charge is 2.24. The van der Waals surface area contributed by atoms with E-state index < -0.39 is 0 Å². The van der Waals surface area contributed by atoms with Gasteiger partial charge in [-0.15, -0.1) is 0 Å². The van der Waals surface area contributed by atoms with Crippen LogP contribution in [-0.2, 0) is 0 Å². The smallest absolute Gasteiger partial charge is 0.143 e. The lowest BCUT2D eigenvalue weighted by molar-refractivity contribution is 0.668. The maximum atomic E-state index is 7.16. The first kappa shape index (κ1) is 36.4. The molecule has 0 bridgehead atoms. The third-order valence-electron chi connectivity index (χ3n) is 14.3. The van der Waals surface area contributed by atoms with Crippen molar-refractivity contribution in [2.24, 2.45) is 0 Å². The second-order valence-corrected chi connectivity index (χ2v) is 17.8. The van der Waals surface area contributed by atoms with Crippen LogP contribution in [0.25, 0.3) is 153 Å². The highest BCUT2D eigenvalue weighted by atomic mass is 16.3. The highest BCUT2D eigenvalue weighted by Crippen LogP contribution is 2.51. The summed E-state index contributed by atoms with van der Waals surface area (Å²) in [7, 11) is 0. The van der Waals surface area contributed by atoms with Gasteiger partial charge < -0.3 is 13.3 Å². The number of fused-ring (bicyclic) bond motifs is 13. The molecule has 0 spiro atoms. The van der Waals surface area contributed by atoms with Gasteiger partial charge in [0.25, 0.3) is 0 Å². The molecule has 67 heavy (non-hydrogen) atoms. The average molecular weight is 853 g/mol. The van der Waals surface area contributed by atoms with Crippen molar-refractivity contribution in [3.05, 3.63) is 218 Å². The molecule has 0 fully saturated rings. The van der Waals surface area contributed by atoms with Crippen LogP contribution >= 0.6 is 0 Å². The molecule has 0 saturated heterocycles. The Morgan fingerprint density at radius 2 is 0.552 bits per heavy atom. The zero-order chi connectivity index (χ0) is 43.7. The van der Waals surface area contributed by atoms with Crippen molar-refractivity contribution in [3.63, 3.8) is 0 Å². The lowest BCUT2D eigenvalue weighted by Crippen LogP contribution is -1.91. The lowest BCUT2D eigenvalue weighted by Gasteiger charge is -2.18. The van der Waals surface area contributed by atoms with Gasteiger partial charge in [0.2, 0.25) is 0 Å². The molecule has 0 atom stereocenters. The molecule has 15 aromatic rings. The van der Waals surface area contributed by atoms with Crippen LogP contribution < -0.4 is 0 Å². The Kier molecular flexibility index (Phi) is 7.50. The van der Waals surface area contributed by atoms with Crippen LogP contribution in [0.15, 0.2) is 232 Å². The summed E-state index contributed by atoms with van der Waals surface area (Å²) in [5.41, 5.74) is 14.7. The second kappa shape index (κ2) is 13.8. The fraction of sp³-hybridized carbons (Fsp3) is 0. The minimum absolute atomic E-state index is 0.861. The molecule has 0 unspecified atom stereocenters. The van der Waals surface area contributed by atoms with E-state index in [1.54, 1.807) is 0 Å². The number of benzene rings is 12. The van der Waals surface area contributed by atoms with Gasteiger partial charge in [-0.2, -0.15) is 0 Å². The molecule has 0 aliphatic rings. The maximum Gasteiger partial charge on any atom is 0.143 e. The topological polar surface area (TPSA) is 39.4 Å². The Bertz CT molecular complexity index is 4460. The largest absolute Gasteiger partial charge is 0.456 e. The Morgan fingerprint density at radius 3 is 1.03 bits per heavy atom. The van der Waals surface area contributed by atoms with Crippen molar-refractivity contribution in [1.82, 2.24) is 0 Å². The SMILES string of the molecule is c1ccc2c(c1)oc1ccc(-c3c4ccccc4c(-c4cccc5c4oc4cccc(-c6c7ccccc7c(-c7ccc8oc9ccccc9c8c7)c7ccccc67)c45)c4ccccc34)cc12. The van der Waals surface area contributed by atoms with E-state index in [1.165, 1.54) is 65.3 Å². The third kappa shape index (κ3) is 5.17. The van der Waals surface area contributed by atoms with Crippen LogP contribution in [0.3, 0.4) is 0 Å². The van der Waals surface area contributed by atoms with Crippen molar-refractivity contribution >= 4 is 109 Å². The maximum absolute atomic E-state index is 7.16. The van der Waals surface area contributed by atoms with E-state index in [0.29, 0.717) is 0 Å². The van der Waals surface area contributed by atoms with Crippen LogP contribution in [-0.4, -0.2) is 0 Å². The van der Waals surface area contributed by atoms with Crippen LogP contribution in [0.5, 0.6) is 0 Å². The molecule has 3 nitrogen and oxygen atoms in total. The van der Waals surface area contributed by atoms with E-state index in [9.17, 15) is 0 Å². The molecular formula is C64H36O3. The van der Waals surface area contributed by atoms with E-state index in [0.717, 1.165) is 88.1 Å². The molecule has 0 aliphatic carbocycles. The molecule has 3 heteroatoms. The fourth-order valence-corrected chi connectivity index (χ4v) is 11.5. The standard InChI is InChI=1S/C64H36O3/c1-5-21-45-41(17-1)59(37-31-33-56-52(35-37)39-15-9-11-28-54(39)65-56)42-18-2-6-22-46(42)61(45)49-25-14-30-58-63(49)51-27-13-26-50(64(51)67-58)62-47-23-7-3-19-43(47)60(44-20-4-8-24-48(44)62)38-32-34-57-53(36-38)40-16-10-12-29-55(40)66-57/h1-36H. The number of rotatable bonds is 4. The van der Waals surface area contributed by atoms with E-state index in [-0.39, 0.29) is 0 Å². The van der Waals surface area contributed by atoms with Crippen LogP contribution in [0.1, 0.15) is 0 Å². The minimum Gasteiger partial charge on any atom is -0.456 e. The minimum atomic E-state index is 0.861. The van der Waals surface area contributed by atoms with Gasteiger partial charge in [0, 0.05) is 43.4 Å². The Balaban J connectivity index is 0.977. The van der Waals surface area contributed by atoms with E-state index >= 15 is 0 Å². The highest BCUT2D eigenvalue weighted by molar-refractivity contribution is 6.29. The third-order valence-corrected chi connectivity index (χ3v) is 14.3. The average Bonchev–Trinajstić information content (AvgIpc) is 4.08. The Morgan fingerprint density at radius 1 is 0.209 bits per heavy atom. The lowest BCUT2D eigenvalue weighted by atomic mass is 9.84. The molecule has 3 aromatic heterocycles. The van der Waals surface area contributed by atoms with Crippen molar-refractivity contribution in [3.8, 4) is 44.5 Å². The van der Waals surface area contributed by atoms with Crippen LogP contribution in [0.2, 0.25) is 0 Å². The van der Waals surface area contributed by atoms with Crippen molar-refractivity contribution in [2.75, 3.05) is 0 Å². The Hall–Kier alpha value is -8.92. The van der Waals surface area contributed by atoms with E-state index in [1.807, 2.05) is 24.3 Å². The molecule has 0 N–H and O–H groups in total. The van der Waals surface area contributed by atoms with Gasteiger partial charge in [-0.25, -0.2) is 0 Å². The number of hydrogen-bond acceptors (Lipinski definition) is 3. The van der Waals surface area contributed by atoms with E-state index in [2.05, 4.69) is 194 Å². The molecule has 12 aromatic carbocycles. The summed E-state index contributed by atoms with van der Waals surface area (Å²) in [5.74, 6) is 0. The summed E-state index contributed by atoms with van der Waals surface area (Å²) < 4.78 is 19.7. The predicted octanol–water partition coefficient (Wildman–Crippen LogP) is 18.7. The number of hydrogen-bond donors (Lipinski definition) is 0. The van der Waals surface area contributed by atoms with Gasteiger partial charge in [-0.05, 0) is 119 Å². The molecule has 3 heterocycles. The summed E-state index contributed by atoms with van der Waals surface area (Å²) in [6.45, 7) is 0.